The number of ether oxygens (including phenoxy) is 3. The van der Waals surface area contributed by atoms with E-state index in [0.717, 1.165) is 24.8 Å². The number of alkyl carbamates (subject to hydrolysis) is 1. The van der Waals surface area contributed by atoms with Gasteiger partial charge in [0.05, 0.1) is 7.11 Å². The predicted octanol–water partition coefficient (Wildman–Crippen LogP) is 3.41. The Bertz CT molecular complexity index is 1280. The van der Waals surface area contributed by atoms with E-state index in [9.17, 15) is 29.1 Å². The Kier molecular flexibility index (Phi) is 14.1. The van der Waals surface area contributed by atoms with Crippen LogP contribution in [0.4, 0.5) is 4.79 Å². The lowest BCUT2D eigenvalue weighted by Crippen LogP contribution is -2.55. The number of carboxylic acids is 1. The number of benzene rings is 2. The van der Waals surface area contributed by atoms with E-state index in [0.29, 0.717) is 12.1 Å². The molecule has 44 heavy (non-hydrogen) atoms. The van der Waals surface area contributed by atoms with Crippen molar-refractivity contribution in [2.24, 2.45) is 0 Å². The molecule has 0 radical (unpaired) electrons. The number of methoxy groups -OCH3 is 1. The summed E-state index contributed by atoms with van der Waals surface area (Å²) < 4.78 is 15.2. The molecule has 0 aliphatic heterocycles. The standard InChI is InChI=1S/C32H43N3O9/c1-6-7-11-16-33-28(37)24(19-22-14-15-26(23(17-22)30(39)40)43-20-27(36)42-5)34-29(38)25(18-21-12-9-8-10-13-21)35-31(41)44-32(2,3)4/h8-10,12-15,17,24-25H,6-7,11,16,18-20H2,1-5H3,(H,33,37)(H,34,38)(H,35,41)(H,39,40). The van der Waals surface area contributed by atoms with E-state index in [1.807, 2.05) is 37.3 Å². The highest BCUT2D eigenvalue weighted by Gasteiger charge is 2.29. The Hall–Kier alpha value is -4.61. The Morgan fingerprint density at radius 3 is 2.14 bits per heavy atom. The van der Waals surface area contributed by atoms with Crippen LogP contribution in [0.25, 0.3) is 0 Å². The topological polar surface area (TPSA) is 169 Å². The molecule has 2 rings (SSSR count). The third kappa shape index (κ3) is 12.7. The van der Waals surface area contributed by atoms with E-state index in [4.69, 9.17) is 9.47 Å². The molecule has 2 atom stereocenters. The number of aromatic carboxylic acids is 1. The van der Waals surface area contributed by atoms with Gasteiger partial charge in [0.25, 0.3) is 0 Å². The second kappa shape index (κ2) is 17.5. The first kappa shape index (κ1) is 35.6. The van der Waals surface area contributed by atoms with Crippen molar-refractivity contribution in [3.63, 3.8) is 0 Å². The van der Waals surface area contributed by atoms with Gasteiger partial charge in [-0.3, -0.25) is 9.59 Å². The first-order valence-corrected chi connectivity index (χ1v) is 14.5. The summed E-state index contributed by atoms with van der Waals surface area (Å²) >= 11 is 0. The van der Waals surface area contributed by atoms with Crippen LogP contribution >= 0.6 is 0 Å². The van der Waals surface area contributed by atoms with Crippen LogP contribution in [0.15, 0.2) is 48.5 Å². The fourth-order valence-electron chi connectivity index (χ4n) is 4.13. The zero-order chi connectivity index (χ0) is 32.7. The molecule has 0 bridgehead atoms. The second-order valence-corrected chi connectivity index (χ2v) is 11.2. The summed E-state index contributed by atoms with van der Waals surface area (Å²) in [4.78, 5) is 63.0. The molecule has 0 saturated heterocycles. The Morgan fingerprint density at radius 1 is 0.864 bits per heavy atom. The fraction of sp³-hybridized carbons (Fsp3) is 0.469. The maximum Gasteiger partial charge on any atom is 0.408 e. The number of unbranched alkanes of at least 4 members (excludes halogenated alkanes) is 2. The van der Waals surface area contributed by atoms with Crippen molar-refractivity contribution < 1.29 is 43.3 Å². The summed E-state index contributed by atoms with van der Waals surface area (Å²) in [5.74, 6) is -3.13. The Morgan fingerprint density at radius 2 is 1.52 bits per heavy atom. The van der Waals surface area contributed by atoms with Crippen LogP contribution in [0, 0.1) is 0 Å². The van der Waals surface area contributed by atoms with E-state index >= 15 is 0 Å². The summed E-state index contributed by atoms with van der Waals surface area (Å²) in [7, 11) is 1.18. The van der Waals surface area contributed by atoms with Crippen LogP contribution in [0.5, 0.6) is 5.75 Å². The first-order valence-electron chi connectivity index (χ1n) is 14.5. The molecule has 0 heterocycles. The van der Waals surface area contributed by atoms with Crippen LogP contribution in [-0.4, -0.2) is 72.9 Å². The lowest BCUT2D eigenvalue weighted by atomic mass is 10.0. The van der Waals surface area contributed by atoms with Gasteiger partial charge in [0, 0.05) is 19.4 Å². The lowest BCUT2D eigenvalue weighted by molar-refractivity contribution is -0.143. The van der Waals surface area contributed by atoms with Crippen molar-refractivity contribution in [2.45, 2.75) is 77.5 Å². The third-order valence-corrected chi connectivity index (χ3v) is 6.29. The van der Waals surface area contributed by atoms with E-state index in [-0.39, 0.29) is 24.2 Å². The molecule has 4 N–H and O–H groups in total. The highest BCUT2D eigenvalue weighted by molar-refractivity contribution is 5.93. The number of hydrogen-bond acceptors (Lipinski definition) is 8. The molecule has 0 aromatic heterocycles. The molecule has 2 unspecified atom stereocenters. The van der Waals surface area contributed by atoms with Gasteiger partial charge >= 0.3 is 18.0 Å². The largest absolute Gasteiger partial charge is 0.481 e. The first-order chi connectivity index (χ1) is 20.8. The quantitative estimate of drug-likeness (QED) is 0.164. The van der Waals surface area contributed by atoms with Crippen molar-refractivity contribution in [3.8, 4) is 5.75 Å². The summed E-state index contributed by atoms with van der Waals surface area (Å²) in [6, 6.07) is 11.1. The van der Waals surface area contributed by atoms with Gasteiger partial charge in [0.1, 0.15) is 29.0 Å². The molecular formula is C32H43N3O9. The number of hydrogen-bond donors (Lipinski definition) is 4. The maximum atomic E-state index is 13.6. The molecule has 0 spiro atoms. The number of nitrogens with one attached hydrogen (secondary N) is 3. The zero-order valence-corrected chi connectivity index (χ0v) is 25.9. The molecule has 12 heteroatoms. The highest BCUT2D eigenvalue weighted by atomic mass is 16.6. The molecule has 2 aromatic rings. The lowest BCUT2D eigenvalue weighted by Gasteiger charge is -2.25. The molecule has 2 aromatic carbocycles. The van der Waals surface area contributed by atoms with Crippen LogP contribution in [0.1, 0.15) is 68.4 Å². The van der Waals surface area contributed by atoms with Gasteiger partial charge in [-0.15, -0.1) is 0 Å². The van der Waals surface area contributed by atoms with Crippen LogP contribution < -0.4 is 20.7 Å². The molecule has 3 amide bonds. The number of carbonyl (C=O) groups is 5. The SMILES string of the molecule is CCCCCNC(=O)C(Cc1ccc(OCC(=O)OC)c(C(=O)O)c1)NC(=O)C(Cc1ccccc1)NC(=O)OC(C)(C)C. The smallest absolute Gasteiger partial charge is 0.408 e. The van der Waals surface area contributed by atoms with Gasteiger partial charge in [-0.2, -0.15) is 0 Å². The highest BCUT2D eigenvalue weighted by Crippen LogP contribution is 2.22. The van der Waals surface area contributed by atoms with Gasteiger partial charge in [0.15, 0.2) is 6.61 Å². The molecule has 0 fully saturated rings. The summed E-state index contributed by atoms with van der Waals surface area (Å²) in [6.07, 6.45) is 1.89. The van der Waals surface area contributed by atoms with Gasteiger partial charge in [-0.05, 0) is 50.5 Å². The number of amides is 3. The van der Waals surface area contributed by atoms with Gasteiger partial charge in [0.2, 0.25) is 11.8 Å². The summed E-state index contributed by atoms with van der Waals surface area (Å²) in [5.41, 5.74) is 0.167. The minimum absolute atomic E-state index is 0.0549. The van der Waals surface area contributed by atoms with E-state index in [1.54, 1.807) is 26.8 Å². The Balaban J connectivity index is 2.34. The van der Waals surface area contributed by atoms with Crippen molar-refractivity contribution >= 4 is 29.8 Å². The molecule has 240 valence electrons. The van der Waals surface area contributed by atoms with Crippen LogP contribution in [0.2, 0.25) is 0 Å². The summed E-state index contributed by atoms with van der Waals surface area (Å²) in [6.45, 7) is 7.05. The molecule has 0 aliphatic rings. The molecule has 0 saturated carbocycles. The predicted molar refractivity (Wildman–Crippen MR) is 162 cm³/mol. The summed E-state index contributed by atoms with van der Waals surface area (Å²) in [5, 5.41) is 17.9. The normalized spacial score (nSPS) is 12.3. The molecular weight excluding hydrogens is 570 g/mol. The average Bonchev–Trinajstić information content (AvgIpc) is 2.97. The maximum absolute atomic E-state index is 13.6. The third-order valence-electron chi connectivity index (χ3n) is 6.29. The number of carboxylic acid groups (broad SMARTS) is 1. The van der Waals surface area contributed by atoms with Gasteiger partial charge in [-0.25, -0.2) is 14.4 Å². The van der Waals surface area contributed by atoms with Crippen LogP contribution in [0.3, 0.4) is 0 Å². The minimum Gasteiger partial charge on any atom is -0.481 e. The second-order valence-electron chi connectivity index (χ2n) is 11.2. The van der Waals surface area contributed by atoms with Crippen molar-refractivity contribution in [3.05, 3.63) is 65.2 Å². The molecule has 0 aliphatic carbocycles. The van der Waals surface area contributed by atoms with Crippen LogP contribution in [-0.2, 0) is 36.7 Å². The number of rotatable bonds is 16. The fourth-order valence-corrected chi connectivity index (χ4v) is 4.13. The average molecular weight is 614 g/mol. The van der Waals surface area contributed by atoms with E-state index < -0.39 is 54.1 Å². The zero-order valence-electron chi connectivity index (χ0n) is 25.9. The monoisotopic (exact) mass is 613 g/mol. The number of carbonyl (C=O) groups excluding carboxylic acids is 4. The van der Waals surface area contributed by atoms with Gasteiger partial charge < -0.3 is 35.3 Å². The van der Waals surface area contributed by atoms with E-state index in [2.05, 4.69) is 20.7 Å². The van der Waals surface area contributed by atoms with Crippen molar-refractivity contribution in [2.75, 3.05) is 20.3 Å². The van der Waals surface area contributed by atoms with Crippen molar-refractivity contribution in [1.29, 1.82) is 0 Å². The van der Waals surface area contributed by atoms with E-state index in [1.165, 1.54) is 19.2 Å². The minimum atomic E-state index is -1.30. The van der Waals surface area contributed by atoms with Crippen molar-refractivity contribution in [1.82, 2.24) is 16.0 Å². The Labute approximate surface area is 257 Å². The van der Waals surface area contributed by atoms with Gasteiger partial charge in [-0.1, -0.05) is 56.2 Å². The number of esters is 1. The molecule has 12 nitrogen and oxygen atoms in total.